The number of aromatic amines is 1. The van der Waals surface area contributed by atoms with E-state index in [1.165, 1.54) is 6.07 Å². The van der Waals surface area contributed by atoms with Crippen molar-refractivity contribution in [3.05, 3.63) is 45.9 Å². The van der Waals surface area contributed by atoms with E-state index in [1.807, 2.05) is 6.92 Å². The first-order valence-electron chi connectivity index (χ1n) is 6.26. The van der Waals surface area contributed by atoms with Crippen molar-refractivity contribution < 1.29 is 9.72 Å². The van der Waals surface area contributed by atoms with Crippen LogP contribution >= 0.6 is 0 Å². The molecule has 0 atom stereocenters. The summed E-state index contributed by atoms with van der Waals surface area (Å²) in [6, 6.07) is 1.37. The van der Waals surface area contributed by atoms with E-state index in [0.717, 1.165) is 11.8 Å². The van der Waals surface area contributed by atoms with Gasteiger partial charge in [-0.3, -0.25) is 20.0 Å². The molecule has 2 rings (SSSR count). The van der Waals surface area contributed by atoms with Gasteiger partial charge in [0.05, 0.1) is 11.1 Å². The molecule has 0 saturated carbocycles. The number of carbonyl (C=O) groups is 1. The van der Waals surface area contributed by atoms with Crippen LogP contribution in [-0.2, 0) is 6.54 Å². The Balaban J connectivity index is 2.20. The molecule has 0 radical (unpaired) electrons. The number of nitrogens with zero attached hydrogens (tertiary/aromatic N) is 3. The molecule has 0 saturated heterocycles. The van der Waals surface area contributed by atoms with Crippen LogP contribution in [-0.4, -0.2) is 32.6 Å². The number of hydrogen-bond acceptors (Lipinski definition) is 6. The van der Waals surface area contributed by atoms with Crippen molar-refractivity contribution in [3.8, 4) is 0 Å². The van der Waals surface area contributed by atoms with Gasteiger partial charge in [0, 0.05) is 30.9 Å². The van der Waals surface area contributed by atoms with E-state index < -0.39 is 10.8 Å². The average Bonchev–Trinajstić information content (AvgIpc) is 2.98. The van der Waals surface area contributed by atoms with Crippen LogP contribution in [0.2, 0.25) is 0 Å². The molecular weight excluding hydrogens is 276 g/mol. The average molecular weight is 290 g/mol. The second-order valence-corrected chi connectivity index (χ2v) is 4.16. The second kappa shape index (κ2) is 6.46. The summed E-state index contributed by atoms with van der Waals surface area (Å²) in [5, 5.41) is 22.9. The van der Waals surface area contributed by atoms with Crippen LogP contribution in [0, 0.1) is 10.1 Å². The maximum Gasteiger partial charge on any atom is 0.300 e. The first-order chi connectivity index (χ1) is 10.1. The lowest BCUT2D eigenvalue weighted by Crippen LogP contribution is -2.24. The Hall–Kier alpha value is -2.97. The van der Waals surface area contributed by atoms with E-state index in [-0.39, 0.29) is 17.8 Å². The maximum atomic E-state index is 12.1. The Bertz CT molecular complexity index is 640. The fourth-order valence-corrected chi connectivity index (χ4v) is 1.71. The van der Waals surface area contributed by atoms with Gasteiger partial charge in [-0.1, -0.05) is 0 Å². The second-order valence-electron chi connectivity index (χ2n) is 4.16. The third-order valence-electron chi connectivity index (χ3n) is 2.69. The molecule has 0 aliphatic carbocycles. The monoisotopic (exact) mass is 290 g/mol. The summed E-state index contributed by atoms with van der Waals surface area (Å²) in [6.07, 6.45) is 4.27. The number of H-pyrrole nitrogens is 1. The number of nitro groups is 1. The minimum Gasteiger partial charge on any atom is -0.370 e. The Kier molecular flexibility index (Phi) is 4.44. The van der Waals surface area contributed by atoms with Crippen molar-refractivity contribution in [1.82, 2.24) is 20.5 Å². The largest absolute Gasteiger partial charge is 0.370 e. The predicted octanol–water partition coefficient (Wildman–Crippen LogP) is 1.07. The smallest absolute Gasteiger partial charge is 0.300 e. The van der Waals surface area contributed by atoms with Gasteiger partial charge in [-0.25, -0.2) is 4.98 Å². The third-order valence-corrected chi connectivity index (χ3v) is 2.69. The van der Waals surface area contributed by atoms with Crippen molar-refractivity contribution in [3.63, 3.8) is 0 Å². The van der Waals surface area contributed by atoms with E-state index >= 15 is 0 Å². The molecule has 0 bridgehead atoms. The number of hydrogen-bond donors (Lipinski definition) is 3. The highest BCUT2D eigenvalue weighted by Crippen LogP contribution is 2.20. The fourth-order valence-electron chi connectivity index (χ4n) is 1.71. The molecule has 0 aromatic carbocycles. The first-order valence-corrected chi connectivity index (χ1v) is 6.26. The van der Waals surface area contributed by atoms with Crippen molar-refractivity contribution in [2.75, 3.05) is 11.9 Å². The van der Waals surface area contributed by atoms with Gasteiger partial charge in [0.15, 0.2) is 0 Å². The van der Waals surface area contributed by atoms with E-state index in [4.69, 9.17) is 0 Å². The van der Waals surface area contributed by atoms with Crippen LogP contribution < -0.4 is 10.6 Å². The van der Waals surface area contributed by atoms with Gasteiger partial charge in [0.2, 0.25) is 0 Å². The van der Waals surface area contributed by atoms with E-state index in [0.29, 0.717) is 12.4 Å². The lowest BCUT2D eigenvalue weighted by atomic mass is 10.2. The molecule has 2 aromatic heterocycles. The van der Waals surface area contributed by atoms with Gasteiger partial charge in [0.25, 0.3) is 11.6 Å². The van der Waals surface area contributed by atoms with Crippen LogP contribution in [0.25, 0.3) is 0 Å². The number of anilines is 1. The van der Waals surface area contributed by atoms with Gasteiger partial charge in [-0.15, -0.1) is 0 Å². The van der Waals surface area contributed by atoms with E-state index in [1.54, 1.807) is 12.4 Å². The van der Waals surface area contributed by atoms with Gasteiger partial charge >= 0.3 is 0 Å². The summed E-state index contributed by atoms with van der Waals surface area (Å²) in [6.45, 7) is 2.69. The van der Waals surface area contributed by atoms with Crippen LogP contribution in [0.4, 0.5) is 11.5 Å². The summed E-state index contributed by atoms with van der Waals surface area (Å²) in [7, 11) is 0. The summed E-state index contributed by atoms with van der Waals surface area (Å²) in [4.78, 5) is 26.4. The van der Waals surface area contributed by atoms with Crippen molar-refractivity contribution >= 4 is 17.4 Å². The molecule has 0 spiro atoms. The molecule has 110 valence electrons. The summed E-state index contributed by atoms with van der Waals surface area (Å²) in [5.74, 6) is -0.124. The number of amides is 1. The van der Waals surface area contributed by atoms with Crippen LogP contribution in [0.15, 0.2) is 24.7 Å². The Morgan fingerprint density at radius 2 is 2.29 bits per heavy atom. The predicted molar refractivity (Wildman–Crippen MR) is 74.8 cm³/mol. The lowest BCUT2D eigenvalue weighted by Gasteiger charge is -2.07. The van der Waals surface area contributed by atoms with Crippen LogP contribution in [0.5, 0.6) is 0 Å². The molecule has 0 aliphatic heterocycles. The molecule has 0 fully saturated rings. The van der Waals surface area contributed by atoms with Crippen LogP contribution in [0.3, 0.4) is 0 Å². The zero-order valence-electron chi connectivity index (χ0n) is 11.3. The summed E-state index contributed by atoms with van der Waals surface area (Å²) in [5.41, 5.74) is 0.405. The topological polar surface area (TPSA) is 126 Å². The Morgan fingerprint density at radius 3 is 2.90 bits per heavy atom. The standard InChI is InChI=1S/C12H14N6O3/c1-2-13-11-3-9(10(7-14-11)18(20)21)12(19)15-4-8-5-16-17-6-8/h3,5-7H,2,4H2,1H3,(H,13,14)(H,15,19)(H,16,17). The SMILES string of the molecule is CCNc1cc(C(=O)NCc2cn[nH]c2)c([N+](=O)[O-])cn1. The van der Waals surface area contributed by atoms with Gasteiger partial charge < -0.3 is 10.6 Å². The molecule has 0 unspecified atom stereocenters. The summed E-state index contributed by atoms with van der Waals surface area (Å²) < 4.78 is 0. The van der Waals surface area contributed by atoms with Crippen molar-refractivity contribution in [2.24, 2.45) is 0 Å². The quantitative estimate of drug-likeness (QED) is 0.539. The first kappa shape index (κ1) is 14.4. The van der Waals surface area contributed by atoms with Crippen molar-refractivity contribution in [1.29, 1.82) is 0 Å². The molecule has 9 heteroatoms. The Labute approximate surface area is 119 Å². The van der Waals surface area contributed by atoms with E-state index in [2.05, 4.69) is 25.8 Å². The number of pyridine rings is 1. The number of rotatable bonds is 6. The van der Waals surface area contributed by atoms with Gasteiger partial charge in [0.1, 0.15) is 17.6 Å². The van der Waals surface area contributed by atoms with Crippen LogP contribution in [0.1, 0.15) is 22.8 Å². The molecule has 3 N–H and O–H groups in total. The third kappa shape index (κ3) is 3.53. The van der Waals surface area contributed by atoms with E-state index in [9.17, 15) is 14.9 Å². The molecule has 9 nitrogen and oxygen atoms in total. The molecule has 2 aromatic rings. The normalized spacial score (nSPS) is 10.1. The molecule has 21 heavy (non-hydrogen) atoms. The highest BCUT2D eigenvalue weighted by Gasteiger charge is 2.21. The number of aromatic nitrogens is 3. The summed E-state index contributed by atoms with van der Waals surface area (Å²) >= 11 is 0. The Morgan fingerprint density at radius 1 is 1.48 bits per heavy atom. The number of nitrogens with one attached hydrogen (secondary N) is 3. The fraction of sp³-hybridized carbons (Fsp3) is 0.250. The molecule has 1 amide bonds. The van der Waals surface area contributed by atoms with Gasteiger partial charge in [-0.05, 0) is 6.92 Å². The van der Waals surface area contributed by atoms with Gasteiger partial charge in [-0.2, -0.15) is 5.10 Å². The molecule has 2 heterocycles. The highest BCUT2D eigenvalue weighted by molar-refractivity contribution is 5.98. The zero-order valence-corrected chi connectivity index (χ0v) is 11.3. The minimum absolute atomic E-state index is 0.0329. The maximum absolute atomic E-state index is 12.1. The minimum atomic E-state index is -0.629. The number of carbonyl (C=O) groups excluding carboxylic acids is 1. The zero-order chi connectivity index (χ0) is 15.2. The highest BCUT2D eigenvalue weighted by atomic mass is 16.6. The lowest BCUT2D eigenvalue weighted by molar-refractivity contribution is -0.385. The van der Waals surface area contributed by atoms with Crippen molar-refractivity contribution in [2.45, 2.75) is 13.5 Å². The molecule has 0 aliphatic rings. The molecular formula is C12H14N6O3.